The largest absolute Gasteiger partial charge is 0.328 e. The Balaban J connectivity index is 2.38. The van der Waals surface area contributed by atoms with Crippen molar-refractivity contribution in [1.29, 1.82) is 0 Å². The number of aryl methyl sites for hydroxylation is 1. The third-order valence-electron chi connectivity index (χ3n) is 3.25. The molecule has 2 N–H and O–H groups in total. The van der Waals surface area contributed by atoms with Crippen LogP contribution in [0.25, 0.3) is 10.9 Å². The van der Waals surface area contributed by atoms with E-state index in [2.05, 4.69) is 37.1 Å². The van der Waals surface area contributed by atoms with E-state index >= 15 is 0 Å². The molecule has 0 spiro atoms. The zero-order valence-corrected chi connectivity index (χ0v) is 10.1. The molecule has 0 saturated carbocycles. The van der Waals surface area contributed by atoms with Crippen LogP contribution in [0.15, 0.2) is 24.3 Å². The summed E-state index contributed by atoms with van der Waals surface area (Å²) in [6.07, 6.45) is 0.943. The molecule has 0 fully saturated rings. The zero-order valence-electron chi connectivity index (χ0n) is 10.1. The smallest absolute Gasteiger partial charge is 0.0706 e. The van der Waals surface area contributed by atoms with Crippen LogP contribution in [0.5, 0.6) is 0 Å². The molecule has 16 heavy (non-hydrogen) atoms. The van der Waals surface area contributed by atoms with Crippen LogP contribution in [0.1, 0.15) is 19.5 Å². The number of nitrogens with two attached hydrogens (primary N) is 1. The first-order chi connectivity index (χ1) is 7.59. The summed E-state index contributed by atoms with van der Waals surface area (Å²) in [6, 6.07) is 8.54. The Labute approximate surface area is 96.2 Å². The molecule has 0 amide bonds. The van der Waals surface area contributed by atoms with Gasteiger partial charge in [0, 0.05) is 18.5 Å². The van der Waals surface area contributed by atoms with Gasteiger partial charge in [0.15, 0.2) is 0 Å². The van der Waals surface area contributed by atoms with Gasteiger partial charge in [0.05, 0.1) is 11.2 Å². The average molecular weight is 217 g/mol. The number of hydrogen-bond acceptors (Lipinski definition) is 2. The number of para-hydroxylation sites is 1. The van der Waals surface area contributed by atoms with Crippen molar-refractivity contribution in [2.75, 3.05) is 0 Å². The summed E-state index contributed by atoms with van der Waals surface area (Å²) < 4.78 is 1.94. The van der Waals surface area contributed by atoms with E-state index in [9.17, 15) is 0 Å². The van der Waals surface area contributed by atoms with Crippen molar-refractivity contribution >= 4 is 10.9 Å². The summed E-state index contributed by atoms with van der Waals surface area (Å²) in [5.74, 6) is 0.457. The molecular formula is C13H19N3. The van der Waals surface area contributed by atoms with Gasteiger partial charge in [-0.15, -0.1) is 0 Å². The summed E-state index contributed by atoms with van der Waals surface area (Å²) in [7, 11) is 1.99. The fourth-order valence-corrected chi connectivity index (χ4v) is 1.93. The molecule has 3 nitrogen and oxygen atoms in total. The van der Waals surface area contributed by atoms with Gasteiger partial charge in [-0.05, 0) is 25.3 Å². The van der Waals surface area contributed by atoms with Crippen LogP contribution in [-0.2, 0) is 13.5 Å². The third kappa shape index (κ3) is 1.95. The molecule has 0 bridgehead atoms. The fraction of sp³-hybridized carbons (Fsp3) is 0.462. The van der Waals surface area contributed by atoms with Crippen LogP contribution >= 0.6 is 0 Å². The van der Waals surface area contributed by atoms with Gasteiger partial charge in [-0.3, -0.25) is 4.68 Å². The van der Waals surface area contributed by atoms with Crippen molar-refractivity contribution in [3.63, 3.8) is 0 Å². The van der Waals surface area contributed by atoms with Gasteiger partial charge in [0.2, 0.25) is 0 Å². The Morgan fingerprint density at radius 2 is 2.00 bits per heavy atom. The van der Waals surface area contributed by atoms with Crippen LogP contribution in [0, 0.1) is 5.92 Å². The Bertz CT molecular complexity index is 485. The molecule has 3 heteroatoms. The maximum absolute atomic E-state index is 5.90. The normalized spacial score (nSPS) is 15.2. The zero-order chi connectivity index (χ0) is 11.7. The monoisotopic (exact) mass is 217 g/mol. The molecule has 2 unspecified atom stereocenters. The standard InChI is InChI=1S/C13H19N3/c1-9(10(2)14)8-12-11-6-4-5-7-13(11)16(3)15-12/h4-7,9-10H,8,14H2,1-3H3. The van der Waals surface area contributed by atoms with Crippen LogP contribution in [0.4, 0.5) is 0 Å². The number of fused-ring (bicyclic) bond motifs is 1. The Morgan fingerprint density at radius 3 is 2.69 bits per heavy atom. The first-order valence-corrected chi connectivity index (χ1v) is 5.75. The summed E-state index contributed by atoms with van der Waals surface area (Å²) in [4.78, 5) is 0. The summed E-state index contributed by atoms with van der Waals surface area (Å²) in [6.45, 7) is 4.23. The SMILES string of the molecule is CC(N)C(C)Cc1nn(C)c2ccccc12. The molecule has 0 saturated heterocycles. The van der Waals surface area contributed by atoms with E-state index in [0.29, 0.717) is 5.92 Å². The van der Waals surface area contributed by atoms with Crippen LogP contribution in [0.3, 0.4) is 0 Å². The highest BCUT2D eigenvalue weighted by Gasteiger charge is 2.13. The van der Waals surface area contributed by atoms with Gasteiger partial charge >= 0.3 is 0 Å². The number of benzene rings is 1. The minimum Gasteiger partial charge on any atom is -0.328 e. The Morgan fingerprint density at radius 1 is 1.31 bits per heavy atom. The highest BCUT2D eigenvalue weighted by Crippen LogP contribution is 2.20. The Kier molecular flexibility index (Phi) is 2.97. The lowest BCUT2D eigenvalue weighted by Gasteiger charge is -2.13. The Hall–Kier alpha value is -1.35. The molecular weight excluding hydrogens is 198 g/mol. The number of aromatic nitrogens is 2. The van der Waals surface area contributed by atoms with E-state index in [-0.39, 0.29) is 6.04 Å². The quantitative estimate of drug-likeness (QED) is 0.855. The molecule has 1 heterocycles. The fourth-order valence-electron chi connectivity index (χ4n) is 1.93. The van der Waals surface area contributed by atoms with Crippen molar-refractivity contribution in [2.45, 2.75) is 26.3 Å². The number of hydrogen-bond donors (Lipinski definition) is 1. The predicted molar refractivity (Wildman–Crippen MR) is 67.2 cm³/mol. The summed E-state index contributed by atoms with van der Waals surface area (Å²) >= 11 is 0. The minimum absolute atomic E-state index is 0.209. The maximum atomic E-state index is 5.90. The molecule has 1 aromatic carbocycles. The lowest BCUT2D eigenvalue weighted by molar-refractivity contribution is 0.475. The van der Waals surface area contributed by atoms with Gasteiger partial charge < -0.3 is 5.73 Å². The second-order valence-electron chi connectivity index (χ2n) is 4.63. The highest BCUT2D eigenvalue weighted by molar-refractivity contribution is 5.81. The lowest BCUT2D eigenvalue weighted by Crippen LogP contribution is -2.25. The summed E-state index contributed by atoms with van der Waals surface area (Å²) in [5.41, 5.74) is 8.24. The molecule has 0 aliphatic rings. The molecule has 86 valence electrons. The topological polar surface area (TPSA) is 43.8 Å². The minimum atomic E-state index is 0.209. The highest BCUT2D eigenvalue weighted by atomic mass is 15.3. The number of rotatable bonds is 3. The third-order valence-corrected chi connectivity index (χ3v) is 3.25. The van der Waals surface area contributed by atoms with Gasteiger partial charge in [-0.25, -0.2) is 0 Å². The molecule has 2 aromatic rings. The van der Waals surface area contributed by atoms with Crippen LogP contribution in [-0.4, -0.2) is 15.8 Å². The van der Waals surface area contributed by atoms with Gasteiger partial charge in [-0.1, -0.05) is 25.1 Å². The van der Waals surface area contributed by atoms with Crippen LogP contribution < -0.4 is 5.73 Å². The predicted octanol–water partition coefficient (Wildman–Crippen LogP) is 2.10. The van der Waals surface area contributed by atoms with Gasteiger partial charge in [0.25, 0.3) is 0 Å². The second-order valence-corrected chi connectivity index (χ2v) is 4.63. The second kappa shape index (κ2) is 4.26. The van der Waals surface area contributed by atoms with Crippen LogP contribution in [0.2, 0.25) is 0 Å². The molecule has 0 radical (unpaired) electrons. The number of nitrogens with zero attached hydrogens (tertiary/aromatic N) is 2. The van der Waals surface area contributed by atoms with E-state index in [4.69, 9.17) is 5.73 Å². The van der Waals surface area contributed by atoms with Crippen molar-refractivity contribution in [3.05, 3.63) is 30.0 Å². The first kappa shape index (κ1) is 11.1. The molecule has 0 aliphatic heterocycles. The van der Waals surface area contributed by atoms with E-state index in [1.165, 1.54) is 10.9 Å². The van der Waals surface area contributed by atoms with Crippen molar-refractivity contribution in [3.8, 4) is 0 Å². The average Bonchev–Trinajstić information content (AvgIpc) is 2.57. The molecule has 0 aliphatic carbocycles. The van der Waals surface area contributed by atoms with E-state index in [1.807, 2.05) is 17.8 Å². The molecule has 2 rings (SSSR count). The molecule has 2 atom stereocenters. The van der Waals surface area contributed by atoms with Crippen molar-refractivity contribution < 1.29 is 0 Å². The van der Waals surface area contributed by atoms with E-state index in [0.717, 1.165) is 12.1 Å². The lowest BCUT2D eigenvalue weighted by atomic mass is 9.97. The first-order valence-electron chi connectivity index (χ1n) is 5.75. The van der Waals surface area contributed by atoms with Gasteiger partial charge in [-0.2, -0.15) is 5.10 Å². The van der Waals surface area contributed by atoms with Gasteiger partial charge in [0.1, 0.15) is 0 Å². The van der Waals surface area contributed by atoms with E-state index in [1.54, 1.807) is 0 Å². The van der Waals surface area contributed by atoms with E-state index < -0.39 is 0 Å². The summed E-state index contributed by atoms with van der Waals surface area (Å²) in [5, 5.41) is 5.82. The van der Waals surface area contributed by atoms with Crippen molar-refractivity contribution in [1.82, 2.24) is 9.78 Å². The maximum Gasteiger partial charge on any atom is 0.0706 e. The van der Waals surface area contributed by atoms with Crippen molar-refractivity contribution in [2.24, 2.45) is 18.7 Å². The molecule has 1 aromatic heterocycles.